The summed E-state index contributed by atoms with van der Waals surface area (Å²) in [6.45, 7) is 7.07. The molecule has 102 valence electrons. The number of nitrogens with one attached hydrogen (secondary N) is 2. The summed E-state index contributed by atoms with van der Waals surface area (Å²) in [5, 5.41) is 15.2. The number of aliphatic hydroxyl groups excluding tert-OH is 1. The van der Waals surface area contributed by atoms with E-state index in [4.69, 9.17) is 9.47 Å². The number of amides is 1. The molecule has 0 heterocycles. The standard InChI is InChI=1S/C11H24N2O4/c1-3-16-6-7-17-9-11(15)8-12-4-5-13-10(2)14/h11-12,15H,3-9H2,1-2H3,(H,13,14). The van der Waals surface area contributed by atoms with E-state index >= 15 is 0 Å². The Balaban J connectivity index is 3.17. The molecule has 1 unspecified atom stereocenters. The minimum absolute atomic E-state index is 0.0494. The van der Waals surface area contributed by atoms with Crippen LogP contribution in [0.1, 0.15) is 13.8 Å². The molecule has 0 bridgehead atoms. The summed E-state index contributed by atoms with van der Waals surface area (Å²) in [7, 11) is 0. The molecule has 0 saturated heterocycles. The van der Waals surface area contributed by atoms with Gasteiger partial charge in [-0.15, -0.1) is 0 Å². The van der Waals surface area contributed by atoms with E-state index in [1.54, 1.807) is 0 Å². The van der Waals surface area contributed by atoms with Gasteiger partial charge < -0.3 is 25.2 Å². The van der Waals surface area contributed by atoms with Gasteiger partial charge in [0, 0.05) is 33.2 Å². The molecule has 0 aliphatic carbocycles. The first-order valence-electron chi connectivity index (χ1n) is 5.95. The highest BCUT2D eigenvalue weighted by molar-refractivity contribution is 5.72. The van der Waals surface area contributed by atoms with Crippen molar-refractivity contribution in [3.63, 3.8) is 0 Å². The van der Waals surface area contributed by atoms with Gasteiger partial charge in [0.1, 0.15) is 0 Å². The van der Waals surface area contributed by atoms with Crippen LogP contribution in [0.15, 0.2) is 0 Å². The van der Waals surface area contributed by atoms with Crippen LogP contribution < -0.4 is 10.6 Å². The zero-order valence-electron chi connectivity index (χ0n) is 10.7. The summed E-state index contributed by atoms with van der Waals surface area (Å²) in [6.07, 6.45) is -0.533. The predicted octanol–water partition coefficient (Wildman–Crippen LogP) is -0.874. The second kappa shape index (κ2) is 11.8. The van der Waals surface area contributed by atoms with Crippen LogP contribution in [-0.4, -0.2) is 63.2 Å². The fourth-order valence-corrected chi connectivity index (χ4v) is 1.14. The van der Waals surface area contributed by atoms with Crippen molar-refractivity contribution in [3.05, 3.63) is 0 Å². The predicted molar refractivity (Wildman–Crippen MR) is 64.9 cm³/mol. The van der Waals surface area contributed by atoms with E-state index in [0.717, 1.165) is 0 Å². The Morgan fingerprint density at radius 3 is 2.65 bits per heavy atom. The van der Waals surface area contributed by atoms with Crippen LogP contribution in [0.2, 0.25) is 0 Å². The minimum Gasteiger partial charge on any atom is -0.389 e. The van der Waals surface area contributed by atoms with Crippen molar-refractivity contribution in [1.82, 2.24) is 10.6 Å². The molecular formula is C11H24N2O4. The van der Waals surface area contributed by atoms with Gasteiger partial charge in [0.05, 0.1) is 25.9 Å². The van der Waals surface area contributed by atoms with Gasteiger partial charge in [0.2, 0.25) is 5.91 Å². The van der Waals surface area contributed by atoms with Crippen molar-refractivity contribution in [2.24, 2.45) is 0 Å². The van der Waals surface area contributed by atoms with Crippen molar-refractivity contribution in [3.8, 4) is 0 Å². The Kier molecular flexibility index (Phi) is 11.3. The van der Waals surface area contributed by atoms with Crippen LogP contribution in [0.4, 0.5) is 0 Å². The number of carbonyl (C=O) groups excluding carboxylic acids is 1. The molecule has 6 nitrogen and oxygen atoms in total. The zero-order chi connectivity index (χ0) is 12.9. The third-order valence-corrected chi connectivity index (χ3v) is 1.94. The van der Waals surface area contributed by atoms with Gasteiger partial charge in [-0.05, 0) is 6.92 Å². The second-order valence-corrected chi connectivity index (χ2v) is 3.61. The lowest BCUT2D eigenvalue weighted by Gasteiger charge is -2.12. The van der Waals surface area contributed by atoms with Gasteiger partial charge in [-0.25, -0.2) is 0 Å². The molecule has 3 N–H and O–H groups in total. The van der Waals surface area contributed by atoms with Crippen LogP contribution in [-0.2, 0) is 14.3 Å². The zero-order valence-corrected chi connectivity index (χ0v) is 10.7. The number of hydrogen-bond donors (Lipinski definition) is 3. The maximum Gasteiger partial charge on any atom is 0.216 e. The summed E-state index contributed by atoms with van der Waals surface area (Å²) in [5.41, 5.74) is 0. The van der Waals surface area contributed by atoms with E-state index in [9.17, 15) is 9.90 Å². The quantitative estimate of drug-likeness (QED) is 0.414. The Morgan fingerprint density at radius 2 is 2.00 bits per heavy atom. The molecule has 0 spiro atoms. The smallest absolute Gasteiger partial charge is 0.216 e. The third-order valence-electron chi connectivity index (χ3n) is 1.94. The fraction of sp³-hybridized carbons (Fsp3) is 0.909. The molecule has 0 saturated carbocycles. The minimum atomic E-state index is -0.533. The first kappa shape index (κ1) is 16.3. The average molecular weight is 248 g/mol. The number of rotatable bonds is 11. The highest BCUT2D eigenvalue weighted by atomic mass is 16.5. The molecule has 0 aromatic carbocycles. The molecule has 0 fully saturated rings. The maximum atomic E-state index is 10.5. The lowest BCUT2D eigenvalue weighted by atomic mass is 10.4. The molecule has 0 aliphatic rings. The van der Waals surface area contributed by atoms with Crippen molar-refractivity contribution < 1.29 is 19.4 Å². The molecule has 0 aromatic heterocycles. The van der Waals surface area contributed by atoms with Crippen LogP contribution in [0, 0.1) is 0 Å². The van der Waals surface area contributed by atoms with Gasteiger partial charge in [-0.3, -0.25) is 4.79 Å². The topological polar surface area (TPSA) is 79.8 Å². The largest absolute Gasteiger partial charge is 0.389 e. The second-order valence-electron chi connectivity index (χ2n) is 3.61. The summed E-state index contributed by atoms with van der Waals surface area (Å²) >= 11 is 0. The lowest BCUT2D eigenvalue weighted by Crippen LogP contribution is -2.36. The Bertz CT molecular complexity index is 190. The van der Waals surface area contributed by atoms with Crippen LogP contribution in [0.5, 0.6) is 0 Å². The van der Waals surface area contributed by atoms with Crippen LogP contribution >= 0.6 is 0 Å². The molecule has 6 heteroatoms. The lowest BCUT2D eigenvalue weighted by molar-refractivity contribution is -0.118. The molecule has 1 amide bonds. The van der Waals surface area contributed by atoms with Gasteiger partial charge in [-0.1, -0.05) is 0 Å². The first-order chi connectivity index (χ1) is 8.16. The Morgan fingerprint density at radius 1 is 1.29 bits per heavy atom. The number of ether oxygens (including phenoxy) is 2. The monoisotopic (exact) mass is 248 g/mol. The van der Waals surface area contributed by atoms with Gasteiger partial charge in [0.15, 0.2) is 0 Å². The van der Waals surface area contributed by atoms with E-state index in [2.05, 4.69) is 10.6 Å². The van der Waals surface area contributed by atoms with E-state index < -0.39 is 6.10 Å². The van der Waals surface area contributed by atoms with Crippen molar-refractivity contribution in [1.29, 1.82) is 0 Å². The Labute approximate surface area is 103 Å². The Hall–Kier alpha value is -0.690. The van der Waals surface area contributed by atoms with E-state index in [1.807, 2.05) is 6.92 Å². The molecule has 17 heavy (non-hydrogen) atoms. The number of hydrogen-bond acceptors (Lipinski definition) is 5. The van der Waals surface area contributed by atoms with Gasteiger partial charge in [-0.2, -0.15) is 0 Å². The van der Waals surface area contributed by atoms with Crippen molar-refractivity contribution in [2.45, 2.75) is 20.0 Å². The molecule has 0 radical (unpaired) electrons. The number of aliphatic hydroxyl groups is 1. The van der Waals surface area contributed by atoms with E-state index in [-0.39, 0.29) is 5.91 Å². The van der Waals surface area contributed by atoms with Crippen molar-refractivity contribution >= 4 is 5.91 Å². The molecule has 1 atom stereocenters. The number of carbonyl (C=O) groups is 1. The van der Waals surface area contributed by atoms with E-state index in [1.165, 1.54) is 6.92 Å². The highest BCUT2D eigenvalue weighted by Gasteiger charge is 2.03. The molecule has 0 aromatic rings. The van der Waals surface area contributed by atoms with Crippen LogP contribution in [0.25, 0.3) is 0 Å². The maximum absolute atomic E-state index is 10.5. The highest BCUT2D eigenvalue weighted by Crippen LogP contribution is 1.84. The first-order valence-corrected chi connectivity index (χ1v) is 5.95. The van der Waals surface area contributed by atoms with Crippen LogP contribution in [0.3, 0.4) is 0 Å². The molecule has 0 rings (SSSR count). The molecule has 0 aliphatic heterocycles. The van der Waals surface area contributed by atoms with Gasteiger partial charge >= 0.3 is 0 Å². The van der Waals surface area contributed by atoms with Gasteiger partial charge in [0.25, 0.3) is 0 Å². The summed E-state index contributed by atoms with van der Waals surface area (Å²) in [6, 6.07) is 0. The SMILES string of the molecule is CCOCCOCC(O)CNCCNC(C)=O. The summed E-state index contributed by atoms with van der Waals surface area (Å²) in [4.78, 5) is 10.5. The van der Waals surface area contributed by atoms with Crippen molar-refractivity contribution in [2.75, 3.05) is 46.1 Å². The fourth-order valence-electron chi connectivity index (χ4n) is 1.14. The van der Waals surface area contributed by atoms with E-state index in [0.29, 0.717) is 46.1 Å². The summed E-state index contributed by atoms with van der Waals surface area (Å²) < 4.78 is 10.3. The third kappa shape index (κ3) is 13.2. The normalized spacial score (nSPS) is 12.4. The average Bonchev–Trinajstić information content (AvgIpc) is 2.28. The molecular weight excluding hydrogens is 224 g/mol. The summed E-state index contributed by atoms with van der Waals surface area (Å²) in [5.74, 6) is -0.0494.